The van der Waals surface area contributed by atoms with E-state index in [0.717, 1.165) is 53.4 Å². The SMILES string of the molecule is Cc1cc(Cc2cc3c(=O)n([C@@H]4CCCOC4)cnc3c3ccccc23)ccn1. The zero-order valence-corrected chi connectivity index (χ0v) is 16.5. The molecule has 5 heteroatoms. The Morgan fingerprint density at radius 3 is 2.76 bits per heavy atom. The standard InChI is InChI=1S/C24H23N3O2/c1-16-11-17(8-9-25-16)12-18-13-22-23(21-7-3-2-6-20(18)21)26-15-27(24(22)28)19-5-4-10-29-14-19/h2-3,6-9,11,13,15,19H,4-5,10,12,14H2,1H3/t19-/m1/s1. The average molecular weight is 385 g/mol. The van der Waals surface area contributed by atoms with E-state index in [1.54, 1.807) is 10.9 Å². The molecule has 0 bridgehead atoms. The van der Waals surface area contributed by atoms with Crippen LogP contribution in [-0.4, -0.2) is 27.7 Å². The molecule has 5 rings (SSSR count). The second-order valence-corrected chi connectivity index (χ2v) is 7.79. The fraction of sp³-hybridized carbons (Fsp3) is 0.292. The molecule has 0 N–H and O–H groups in total. The highest BCUT2D eigenvalue weighted by Gasteiger charge is 2.19. The third kappa shape index (κ3) is 3.32. The van der Waals surface area contributed by atoms with E-state index in [-0.39, 0.29) is 11.6 Å². The zero-order chi connectivity index (χ0) is 19.8. The molecule has 0 saturated carbocycles. The van der Waals surface area contributed by atoms with Crippen LogP contribution in [0.5, 0.6) is 0 Å². The van der Waals surface area contributed by atoms with Crippen molar-refractivity contribution in [1.29, 1.82) is 0 Å². The van der Waals surface area contributed by atoms with Crippen molar-refractivity contribution in [2.45, 2.75) is 32.2 Å². The van der Waals surface area contributed by atoms with Crippen molar-refractivity contribution in [2.75, 3.05) is 13.2 Å². The summed E-state index contributed by atoms with van der Waals surface area (Å²) in [6.45, 7) is 3.34. The van der Waals surface area contributed by atoms with Crippen LogP contribution in [0.4, 0.5) is 0 Å². The topological polar surface area (TPSA) is 57.0 Å². The Labute approximate surface area is 169 Å². The van der Waals surface area contributed by atoms with E-state index < -0.39 is 0 Å². The molecule has 146 valence electrons. The number of pyridine rings is 1. The van der Waals surface area contributed by atoms with Crippen LogP contribution in [0.15, 0.2) is 59.8 Å². The monoisotopic (exact) mass is 385 g/mol. The number of fused-ring (bicyclic) bond motifs is 3. The summed E-state index contributed by atoms with van der Waals surface area (Å²) in [5.41, 5.74) is 4.10. The number of benzene rings is 2. The summed E-state index contributed by atoms with van der Waals surface area (Å²) in [4.78, 5) is 22.4. The maximum Gasteiger partial charge on any atom is 0.261 e. The molecule has 4 aromatic rings. The summed E-state index contributed by atoms with van der Waals surface area (Å²) in [5, 5.41) is 2.84. The molecule has 0 amide bonds. The molecule has 2 aromatic carbocycles. The number of aromatic nitrogens is 3. The number of aryl methyl sites for hydroxylation is 1. The minimum absolute atomic E-state index is 0.0170. The van der Waals surface area contributed by atoms with Gasteiger partial charge in [0.25, 0.3) is 5.56 Å². The minimum atomic E-state index is 0.0170. The van der Waals surface area contributed by atoms with Crippen molar-refractivity contribution < 1.29 is 4.74 Å². The number of hydrogen-bond donors (Lipinski definition) is 0. The lowest BCUT2D eigenvalue weighted by atomic mass is 9.96. The molecule has 1 saturated heterocycles. The van der Waals surface area contributed by atoms with Crippen LogP contribution in [-0.2, 0) is 11.2 Å². The van der Waals surface area contributed by atoms with Gasteiger partial charge in [0.1, 0.15) is 0 Å². The highest BCUT2D eigenvalue weighted by molar-refractivity contribution is 6.06. The summed E-state index contributed by atoms with van der Waals surface area (Å²) in [6.07, 6.45) is 6.21. The molecule has 0 spiro atoms. The zero-order valence-electron chi connectivity index (χ0n) is 16.5. The molecular formula is C24H23N3O2. The van der Waals surface area contributed by atoms with Gasteiger partial charge in [0, 0.05) is 23.9 Å². The lowest BCUT2D eigenvalue weighted by Gasteiger charge is -2.24. The highest BCUT2D eigenvalue weighted by Crippen LogP contribution is 2.28. The van der Waals surface area contributed by atoms with Gasteiger partial charge in [0.05, 0.1) is 29.9 Å². The Balaban J connectivity index is 1.71. The molecule has 0 aliphatic carbocycles. The van der Waals surface area contributed by atoms with Gasteiger partial charge in [0.15, 0.2) is 0 Å². The highest BCUT2D eigenvalue weighted by atomic mass is 16.5. The first kappa shape index (κ1) is 18.0. The van der Waals surface area contributed by atoms with Gasteiger partial charge in [0.2, 0.25) is 0 Å². The van der Waals surface area contributed by atoms with E-state index in [2.05, 4.69) is 23.2 Å². The van der Waals surface area contributed by atoms with E-state index in [0.29, 0.717) is 12.0 Å². The first-order valence-corrected chi connectivity index (χ1v) is 10.1. The maximum atomic E-state index is 13.4. The smallest absolute Gasteiger partial charge is 0.261 e. The van der Waals surface area contributed by atoms with Crippen molar-refractivity contribution >= 4 is 21.7 Å². The Morgan fingerprint density at radius 1 is 1.10 bits per heavy atom. The Bertz CT molecular complexity index is 1260. The predicted octanol–water partition coefficient (Wildman–Crippen LogP) is 4.20. The van der Waals surface area contributed by atoms with E-state index in [1.165, 1.54) is 5.56 Å². The van der Waals surface area contributed by atoms with Gasteiger partial charge in [-0.15, -0.1) is 0 Å². The maximum absolute atomic E-state index is 13.4. The lowest BCUT2D eigenvalue weighted by molar-refractivity contribution is 0.0578. The van der Waals surface area contributed by atoms with E-state index in [9.17, 15) is 4.79 Å². The summed E-state index contributed by atoms with van der Waals surface area (Å²) in [6, 6.07) is 14.4. The van der Waals surface area contributed by atoms with Crippen molar-refractivity contribution in [2.24, 2.45) is 0 Å². The predicted molar refractivity (Wildman–Crippen MR) is 114 cm³/mol. The van der Waals surface area contributed by atoms with Crippen LogP contribution < -0.4 is 5.56 Å². The number of rotatable bonds is 3. The second kappa shape index (κ2) is 7.41. The van der Waals surface area contributed by atoms with Crippen molar-refractivity contribution in [3.63, 3.8) is 0 Å². The van der Waals surface area contributed by atoms with Gasteiger partial charge in [-0.2, -0.15) is 0 Å². The summed E-state index contributed by atoms with van der Waals surface area (Å²) in [5.74, 6) is 0. The lowest BCUT2D eigenvalue weighted by Crippen LogP contribution is -2.30. The molecule has 2 aromatic heterocycles. The molecule has 0 unspecified atom stereocenters. The van der Waals surface area contributed by atoms with Crippen LogP contribution in [0.25, 0.3) is 21.7 Å². The quantitative estimate of drug-likeness (QED) is 0.496. The number of ether oxygens (including phenoxy) is 1. The Morgan fingerprint density at radius 2 is 1.97 bits per heavy atom. The number of nitrogens with zero attached hydrogens (tertiary/aromatic N) is 3. The fourth-order valence-electron chi connectivity index (χ4n) is 4.33. The first-order chi connectivity index (χ1) is 14.2. The Kier molecular flexibility index (Phi) is 4.60. The van der Waals surface area contributed by atoms with E-state index >= 15 is 0 Å². The first-order valence-electron chi connectivity index (χ1n) is 10.1. The van der Waals surface area contributed by atoms with Crippen LogP contribution in [0.3, 0.4) is 0 Å². The minimum Gasteiger partial charge on any atom is -0.379 e. The van der Waals surface area contributed by atoms with Crippen LogP contribution >= 0.6 is 0 Å². The second-order valence-electron chi connectivity index (χ2n) is 7.79. The average Bonchev–Trinajstić information content (AvgIpc) is 2.75. The molecule has 1 aliphatic heterocycles. The van der Waals surface area contributed by atoms with Gasteiger partial charge in [-0.3, -0.25) is 14.3 Å². The number of hydrogen-bond acceptors (Lipinski definition) is 4. The van der Waals surface area contributed by atoms with Gasteiger partial charge in [-0.1, -0.05) is 24.3 Å². The third-order valence-electron chi connectivity index (χ3n) is 5.76. The largest absolute Gasteiger partial charge is 0.379 e. The van der Waals surface area contributed by atoms with Crippen molar-refractivity contribution in [1.82, 2.24) is 14.5 Å². The van der Waals surface area contributed by atoms with Gasteiger partial charge < -0.3 is 4.74 Å². The molecular weight excluding hydrogens is 362 g/mol. The van der Waals surface area contributed by atoms with E-state index in [4.69, 9.17) is 9.72 Å². The molecule has 1 aliphatic rings. The normalized spacial score (nSPS) is 17.1. The van der Waals surface area contributed by atoms with Crippen LogP contribution in [0, 0.1) is 6.92 Å². The summed E-state index contributed by atoms with van der Waals surface area (Å²) in [7, 11) is 0. The molecule has 3 heterocycles. The Hall–Kier alpha value is -3.05. The van der Waals surface area contributed by atoms with E-state index in [1.807, 2.05) is 37.4 Å². The van der Waals surface area contributed by atoms with Gasteiger partial charge >= 0.3 is 0 Å². The molecule has 0 radical (unpaired) electrons. The van der Waals surface area contributed by atoms with Gasteiger partial charge in [-0.05, 0) is 60.9 Å². The summed E-state index contributed by atoms with van der Waals surface area (Å²) >= 11 is 0. The summed E-state index contributed by atoms with van der Waals surface area (Å²) < 4.78 is 7.35. The van der Waals surface area contributed by atoms with Gasteiger partial charge in [-0.25, -0.2) is 4.98 Å². The molecule has 5 nitrogen and oxygen atoms in total. The molecule has 29 heavy (non-hydrogen) atoms. The van der Waals surface area contributed by atoms with Crippen LogP contribution in [0.2, 0.25) is 0 Å². The van der Waals surface area contributed by atoms with Crippen LogP contribution in [0.1, 0.15) is 35.7 Å². The molecule has 1 fully saturated rings. The van der Waals surface area contributed by atoms with Crippen molar-refractivity contribution in [3.8, 4) is 0 Å². The fourth-order valence-corrected chi connectivity index (χ4v) is 4.33. The third-order valence-corrected chi connectivity index (χ3v) is 5.76. The molecule has 1 atom stereocenters. The van der Waals surface area contributed by atoms with Crippen molar-refractivity contribution in [3.05, 3.63) is 82.2 Å².